The van der Waals surface area contributed by atoms with E-state index in [4.69, 9.17) is 9.52 Å². The Morgan fingerprint density at radius 3 is 2.95 bits per heavy atom. The number of hydrogen-bond acceptors (Lipinski definition) is 5. The molecule has 0 radical (unpaired) electrons. The highest BCUT2D eigenvalue weighted by Gasteiger charge is 2.22. The second-order valence-corrected chi connectivity index (χ2v) is 5.70. The number of nitrogens with zero attached hydrogens (tertiary/aromatic N) is 1. The van der Waals surface area contributed by atoms with E-state index in [0.717, 1.165) is 0 Å². The summed E-state index contributed by atoms with van der Waals surface area (Å²) in [6.45, 7) is 1.48. The average molecular weight is 285 g/mol. The highest BCUT2D eigenvalue weighted by atomic mass is 32.2. The van der Waals surface area contributed by atoms with Crippen molar-refractivity contribution >= 4 is 10.0 Å². The summed E-state index contributed by atoms with van der Waals surface area (Å²) in [5.74, 6) is 0.697. The average Bonchev–Trinajstić information content (AvgIpc) is 2.98. The monoisotopic (exact) mass is 285 g/mol. The van der Waals surface area contributed by atoms with Crippen molar-refractivity contribution in [1.82, 2.24) is 14.9 Å². The van der Waals surface area contributed by atoms with Gasteiger partial charge in [0.25, 0.3) is 10.0 Å². The van der Waals surface area contributed by atoms with Gasteiger partial charge in [-0.1, -0.05) is 0 Å². The van der Waals surface area contributed by atoms with E-state index in [0.29, 0.717) is 17.9 Å². The van der Waals surface area contributed by atoms with Gasteiger partial charge in [-0.3, -0.25) is 5.10 Å². The number of sulfonamides is 1. The first-order valence-corrected chi connectivity index (χ1v) is 7.19. The largest absolute Gasteiger partial charge is 0.469 e. The van der Waals surface area contributed by atoms with E-state index < -0.39 is 10.0 Å². The lowest BCUT2D eigenvalue weighted by atomic mass is 10.3. The van der Waals surface area contributed by atoms with Gasteiger partial charge in [-0.25, -0.2) is 13.1 Å². The quantitative estimate of drug-likeness (QED) is 0.708. The lowest BCUT2D eigenvalue weighted by Crippen LogP contribution is -2.27. The van der Waals surface area contributed by atoms with Crippen LogP contribution in [0.3, 0.4) is 0 Å². The summed E-state index contributed by atoms with van der Waals surface area (Å²) < 4.78 is 31.6. The third-order valence-corrected chi connectivity index (χ3v) is 4.12. The highest BCUT2D eigenvalue weighted by Crippen LogP contribution is 2.15. The van der Waals surface area contributed by atoms with Crippen LogP contribution in [0.15, 0.2) is 27.8 Å². The number of aromatic nitrogens is 2. The molecule has 0 saturated carbocycles. The lowest BCUT2D eigenvalue weighted by molar-refractivity contribution is 0.277. The predicted octanol–water partition coefficient (Wildman–Crippen LogP) is 0.324. The standard InChI is InChI=1S/C11H15N3O4S/c1-8-10(7-15)11(14-13-8)19(16,17)12-5-4-9-3-2-6-18-9/h2-3,6,12,15H,4-5,7H2,1H3,(H,13,14). The second-order valence-electron chi connectivity index (χ2n) is 4.02. The van der Waals surface area contributed by atoms with Crippen molar-refractivity contribution in [3.05, 3.63) is 35.4 Å². The molecule has 2 rings (SSSR count). The van der Waals surface area contributed by atoms with Crippen LogP contribution in [-0.2, 0) is 23.1 Å². The molecular formula is C11H15N3O4S. The predicted molar refractivity (Wildman–Crippen MR) is 66.8 cm³/mol. The zero-order chi connectivity index (χ0) is 13.9. The molecule has 8 heteroatoms. The summed E-state index contributed by atoms with van der Waals surface area (Å²) in [6.07, 6.45) is 1.98. The molecule has 0 spiro atoms. The van der Waals surface area contributed by atoms with Crippen LogP contribution in [0.2, 0.25) is 0 Å². The first-order valence-electron chi connectivity index (χ1n) is 5.71. The maximum absolute atomic E-state index is 12.0. The van der Waals surface area contributed by atoms with Crippen molar-refractivity contribution in [2.24, 2.45) is 0 Å². The zero-order valence-electron chi connectivity index (χ0n) is 10.4. The normalized spacial score (nSPS) is 11.9. The molecule has 2 heterocycles. The van der Waals surface area contributed by atoms with Crippen LogP contribution in [0, 0.1) is 6.92 Å². The minimum absolute atomic E-state index is 0.160. The molecule has 104 valence electrons. The van der Waals surface area contributed by atoms with Gasteiger partial charge >= 0.3 is 0 Å². The third-order valence-electron chi connectivity index (χ3n) is 2.69. The van der Waals surface area contributed by atoms with Crippen molar-refractivity contribution in [3.8, 4) is 0 Å². The molecule has 3 N–H and O–H groups in total. The minimum Gasteiger partial charge on any atom is -0.469 e. The molecule has 0 aromatic carbocycles. The van der Waals surface area contributed by atoms with E-state index in [2.05, 4.69) is 14.9 Å². The molecule has 2 aromatic heterocycles. The fraction of sp³-hybridized carbons (Fsp3) is 0.364. The van der Waals surface area contributed by atoms with Gasteiger partial charge in [0, 0.05) is 24.2 Å². The van der Waals surface area contributed by atoms with E-state index in [1.54, 1.807) is 19.1 Å². The van der Waals surface area contributed by atoms with Crippen molar-refractivity contribution in [2.75, 3.05) is 6.54 Å². The van der Waals surface area contributed by atoms with Gasteiger partial charge in [-0.2, -0.15) is 5.10 Å². The van der Waals surface area contributed by atoms with Gasteiger partial charge in [0.05, 0.1) is 12.9 Å². The van der Waals surface area contributed by atoms with E-state index >= 15 is 0 Å². The molecule has 2 aromatic rings. The van der Waals surface area contributed by atoms with Gasteiger partial charge in [-0.15, -0.1) is 0 Å². The van der Waals surface area contributed by atoms with Crippen molar-refractivity contribution in [2.45, 2.75) is 25.0 Å². The van der Waals surface area contributed by atoms with Crippen LogP contribution in [0.25, 0.3) is 0 Å². The molecule has 0 bridgehead atoms. The Labute approximate surface area is 110 Å². The van der Waals surface area contributed by atoms with Gasteiger partial charge in [0.1, 0.15) is 5.76 Å². The van der Waals surface area contributed by atoms with Gasteiger partial charge < -0.3 is 9.52 Å². The summed E-state index contributed by atoms with van der Waals surface area (Å²) in [5, 5.41) is 15.3. The number of rotatable bonds is 6. The Bertz CT molecular complexity index is 631. The molecule has 0 aliphatic rings. The number of nitrogens with one attached hydrogen (secondary N) is 2. The number of hydrogen-bond donors (Lipinski definition) is 3. The Morgan fingerprint density at radius 2 is 2.32 bits per heavy atom. The minimum atomic E-state index is -3.73. The number of aryl methyl sites for hydroxylation is 1. The molecule has 0 aliphatic carbocycles. The molecule has 0 unspecified atom stereocenters. The highest BCUT2D eigenvalue weighted by molar-refractivity contribution is 7.89. The van der Waals surface area contributed by atoms with Gasteiger partial charge in [-0.05, 0) is 19.1 Å². The maximum Gasteiger partial charge on any atom is 0.260 e. The van der Waals surface area contributed by atoms with Gasteiger partial charge in [0.15, 0.2) is 5.03 Å². The molecule has 0 fully saturated rings. The van der Waals surface area contributed by atoms with Crippen LogP contribution in [0.5, 0.6) is 0 Å². The van der Waals surface area contributed by atoms with Crippen LogP contribution in [0.4, 0.5) is 0 Å². The number of H-pyrrole nitrogens is 1. The van der Waals surface area contributed by atoms with Crippen molar-refractivity contribution < 1.29 is 17.9 Å². The Hall–Kier alpha value is -1.64. The maximum atomic E-state index is 12.0. The Morgan fingerprint density at radius 1 is 1.53 bits per heavy atom. The van der Waals surface area contributed by atoms with E-state index in [1.165, 1.54) is 6.26 Å². The lowest BCUT2D eigenvalue weighted by Gasteiger charge is -2.04. The molecular weight excluding hydrogens is 270 g/mol. The molecule has 0 amide bonds. The fourth-order valence-electron chi connectivity index (χ4n) is 1.67. The summed E-state index contributed by atoms with van der Waals surface area (Å²) in [5.41, 5.74) is 0.819. The van der Waals surface area contributed by atoms with E-state index in [9.17, 15) is 8.42 Å². The van der Waals surface area contributed by atoms with Crippen LogP contribution in [0.1, 0.15) is 17.0 Å². The first-order chi connectivity index (χ1) is 9.04. The summed E-state index contributed by atoms with van der Waals surface area (Å²) in [4.78, 5) is 0. The SMILES string of the molecule is Cc1[nH]nc(S(=O)(=O)NCCc2ccco2)c1CO. The summed E-state index contributed by atoms with van der Waals surface area (Å²) in [7, 11) is -3.73. The summed E-state index contributed by atoms with van der Waals surface area (Å²) >= 11 is 0. The Balaban J connectivity index is 2.05. The number of aliphatic hydroxyl groups is 1. The van der Waals surface area contributed by atoms with E-state index in [-0.39, 0.29) is 23.7 Å². The van der Waals surface area contributed by atoms with Crippen LogP contribution in [-0.4, -0.2) is 30.3 Å². The second kappa shape index (κ2) is 5.55. The van der Waals surface area contributed by atoms with Crippen LogP contribution >= 0.6 is 0 Å². The molecule has 7 nitrogen and oxygen atoms in total. The number of aliphatic hydroxyl groups excluding tert-OH is 1. The number of aromatic amines is 1. The van der Waals surface area contributed by atoms with Gasteiger partial charge in [0.2, 0.25) is 0 Å². The number of furan rings is 1. The zero-order valence-corrected chi connectivity index (χ0v) is 11.2. The van der Waals surface area contributed by atoms with Crippen molar-refractivity contribution in [1.29, 1.82) is 0 Å². The smallest absolute Gasteiger partial charge is 0.260 e. The fourth-order valence-corrected chi connectivity index (χ4v) is 2.89. The van der Waals surface area contributed by atoms with E-state index in [1.807, 2.05) is 0 Å². The molecule has 0 aliphatic heterocycles. The topological polar surface area (TPSA) is 108 Å². The van der Waals surface area contributed by atoms with Crippen LogP contribution < -0.4 is 4.72 Å². The molecule has 19 heavy (non-hydrogen) atoms. The van der Waals surface area contributed by atoms with Crippen molar-refractivity contribution in [3.63, 3.8) is 0 Å². The third kappa shape index (κ3) is 3.03. The first kappa shape index (κ1) is 13.8. The molecule has 0 atom stereocenters. The summed E-state index contributed by atoms with van der Waals surface area (Å²) in [6, 6.07) is 3.51. The molecule has 0 saturated heterocycles. The Kier molecular flexibility index (Phi) is 4.03.